The maximum Gasteiger partial charge on any atom is 0.264 e. The second kappa shape index (κ2) is 13.6. The van der Waals surface area contributed by atoms with Crippen molar-refractivity contribution in [2.45, 2.75) is 57.1 Å². The standard InChI is InChI=1S/C30H35Cl2N3O5S/c1-6-27(29(37)33-30(2,3)4)34(19-21-7-9-22(31)10-8-21)28(36)20-35(24-13-11-23(32)12-14-24)41(38,39)26-17-15-25(40-5)16-18-26/h7-18,27H,6,19-20H2,1-5H3,(H,33,37)/t27-/m1/s1. The average molecular weight is 621 g/mol. The van der Waals surface area contributed by atoms with Crippen LogP contribution in [0.4, 0.5) is 5.69 Å². The van der Waals surface area contributed by atoms with Crippen LogP contribution in [0.2, 0.25) is 10.0 Å². The summed E-state index contributed by atoms with van der Waals surface area (Å²) in [5.41, 5.74) is 0.449. The van der Waals surface area contributed by atoms with Crippen molar-refractivity contribution in [2.75, 3.05) is 18.0 Å². The maximum atomic E-state index is 14.1. The molecule has 2 amide bonds. The van der Waals surface area contributed by atoms with Crippen LogP contribution in [-0.2, 0) is 26.2 Å². The Morgan fingerprint density at radius 3 is 1.93 bits per heavy atom. The first kappa shape index (κ1) is 32.2. The van der Waals surface area contributed by atoms with E-state index in [0.717, 1.165) is 9.87 Å². The molecule has 0 aliphatic heterocycles. The molecule has 3 aromatic rings. The molecule has 8 nitrogen and oxygen atoms in total. The van der Waals surface area contributed by atoms with E-state index in [9.17, 15) is 18.0 Å². The van der Waals surface area contributed by atoms with Crippen molar-refractivity contribution in [3.63, 3.8) is 0 Å². The smallest absolute Gasteiger partial charge is 0.264 e. The third-order valence-corrected chi connectivity index (χ3v) is 8.48. The monoisotopic (exact) mass is 619 g/mol. The van der Waals surface area contributed by atoms with Crippen LogP contribution in [0.25, 0.3) is 0 Å². The Morgan fingerprint density at radius 2 is 1.44 bits per heavy atom. The van der Waals surface area contributed by atoms with Gasteiger partial charge in [-0.1, -0.05) is 42.3 Å². The number of benzene rings is 3. The molecular weight excluding hydrogens is 585 g/mol. The van der Waals surface area contributed by atoms with E-state index < -0.39 is 34.1 Å². The van der Waals surface area contributed by atoms with Crippen molar-refractivity contribution in [2.24, 2.45) is 0 Å². The van der Waals surface area contributed by atoms with Gasteiger partial charge in [0.2, 0.25) is 11.8 Å². The Balaban J connectivity index is 2.06. The molecule has 220 valence electrons. The molecule has 0 spiro atoms. The number of carbonyl (C=O) groups is 2. The van der Waals surface area contributed by atoms with Gasteiger partial charge in [-0.25, -0.2) is 8.42 Å². The van der Waals surface area contributed by atoms with E-state index in [1.54, 1.807) is 43.3 Å². The molecule has 11 heteroatoms. The van der Waals surface area contributed by atoms with Gasteiger partial charge in [0.05, 0.1) is 17.7 Å². The van der Waals surface area contributed by atoms with Crippen LogP contribution in [0.5, 0.6) is 5.75 Å². The Kier molecular flexibility index (Phi) is 10.7. The van der Waals surface area contributed by atoms with Crippen LogP contribution in [0, 0.1) is 0 Å². The normalized spacial score (nSPS) is 12.4. The zero-order valence-electron chi connectivity index (χ0n) is 23.7. The van der Waals surface area contributed by atoms with E-state index in [1.165, 1.54) is 48.4 Å². The number of halogens is 2. The maximum absolute atomic E-state index is 14.1. The number of ether oxygens (including phenoxy) is 1. The van der Waals surface area contributed by atoms with E-state index in [1.807, 2.05) is 20.8 Å². The molecule has 1 atom stereocenters. The number of hydrogen-bond acceptors (Lipinski definition) is 5. The lowest BCUT2D eigenvalue weighted by Gasteiger charge is -2.34. The van der Waals surface area contributed by atoms with Crippen LogP contribution in [-0.4, -0.2) is 50.4 Å². The lowest BCUT2D eigenvalue weighted by Crippen LogP contribution is -2.55. The zero-order chi connectivity index (χ0) is 30.4. The van der Waals surface area contributed by atoms with Crippen LogP contribution in [0.1, 0.15) is 39.7 Å². The third-order valence-electron chi connectivity index (χ3n) is 6.19. The largest absolute Gasteiger partial charge is 0.497 e. The van der Waals surface area contributed by atoms with Gasteiger partial charge < -0.3 is 15.0 Å². The quantitative estimate of drug-likeness (QED) is 0.287. The first-order valence-electron chi connectivity index (χ1n) is 13.0. The van der Waals surface area contributed by atoms with E-state index in [0.29, 0.717) is 22.2 Å². The van der Waals surface area contributed by atoms with Gasteiger partial charge in [-0.15, -0.1) is 0 Å². The minimum absolute atomic E-state index is 0.0252. The van der Waals surface area contributed by atoms with E-state index in [-0.39, 0.29) is 23.0 Å². The molecule has 1 N–H and O–H groups in total. The van der Waals surface area contributed by atoms with Gasteiger partial charge in [0, 0.05) is 22.1 Å². The van der Waals surface area contributed by atoms with Gasteiger partial charge >= 0.3 is 0 Å². The summed E-state index contributed by atoms with van der Waals surface area (Å²) in [6.07, 6.45) is 0.313. The van der Waals surface area contributed by atoms with Crippen molar-refractivity contribution in [3.05, 3.63) is 88.4 Å². The SMILES string of the molecule is CC[C@H](C(=O)NC(C)(C)C)N(Cc1ccc(Cl)cc1)C(=O)CN(c1ccc(Cl)cc1)S(=O)(=O)c1ccc(OC)cc1. The van der Waals surface area contributed by atoms with Crippen LogP contribution in [0.3, 0.4) is 0 Å². The predicted molar refractivity (Wildman–Crippen MR) is 163 cm³/mol. The number of methoxy groups -OCH3 is 1. The fraction of sp³-hybridized carbons (Fsp3) is 0.333. The molecule has 41 heavy (non-hydrogen) atoms. The van der Waals surface area contributed by atoms with E-state index >= 15 is 0 Å². The number of nitrogens with zero attached hydrogens (tertiary/aromatic N) is 2. The van der Waals surface area contributed by atoms with Gasteiger partial charge in [0.15, 0.2) is 0 Å². The summed E-state index contributed by atoms with van der Waals surface area (Å²) in [6.45, 7) is 6.89. The molecule has 3 rings (SSSR count). The molecule has 0 heterocycles. The summed E-state index contributed by atoms with van der Waals surface area (Å²) < 4.78 is 34.0. The molecule has 0 fully saturated rings. The highest BCUT2D eigenvalue weighted by Gasteiger charge is 2.34. The number of hydrogen-bond donors (Lipinski definition) is 1. The minimum atomic E-state index is -4.21. The molecule has 0 aliphatic carbocycles. The van der Waals surface area contributed by atoms with Crippen LogP contribution in [0.15, 0.2) is 77.7 Å². The van der Waals surface area contributed by atoms with Gasteiger partial charge in [-0.2, -0.15) is 0 Å². The summed E-state index contributed by atoms with van der Waals surface area (Å²) in [5, 5.41) is 3.89. The average Bonchev–Trinajstić information content (AvgIpc) is 2.92. The lowest BCUT2D eigenvalue weighted by atomic mass is 10.1. The van der Waals surface area contributed by atoms with Crippen molar-refractivity contribution >= 4 is 50.7 Å². The molecule has 0 aromatic heterocycles. The Labute approximate surface area is 252 Å². The molecular formula is C30H35Cl2N3O5S. The first-order valence-corrected chi connectivity index (χ1v) is 15.2. The zero-order valence-corrected chi connectivity index (χ0v) is 26.1. The number of sulfonamides is 1. The highest BCUT2D eigenvalue weighted by molar-refractivity contribution is 7.92. The molecule has 0 bridgehead atoms. The topological polar surface area (TPSA) is 96.0 Å². The number of rotatable bonds is 11. The second-order valence-corrected chi connectivity index (χ2v) is 13.2. The van der Waals surface area contributed by atoms with Gasteiger partial charge in [-0.3, -0.25) is 13.9 Å². The van der Waals surface area contributed by atoms with Crippen molar-refractivity contribution in [3.8, 4) is 5.75 Å². The second-order valence-electron chi connectivity index (χ2n) is 10.5. The van der Waals surface area contributed by atoms with Crippen LogP contribution >= 0.6 is 23.2 Å². The first-order chi connectivity index (χ1) is 19.2. The Hall–Kier alpha value is -3.27. The molecule has 3 aromatic carbocycles. The summed E-state index contributed by atoms with van der Waals surface area (Å²) >= 11 is 12.1. The summed E-state index contributed by atoms with van der Waals surface area (Å²) in [7, 11) is -2.73. The van der Waals surface area contributed by atoms with Crippen molar-refractivity contribution in [1.82, 2.24) is 10.2 Å². The number of amides is 2. The predicted octanol–water partition coefficient (Wildman–Crippen LogP) is 5.92. The number of nitrogens with one attached hydrogen (secondary N) is 1. The minimum Gasteiger partial charge on any atom is -0.497 e. The highest BCUT2D eigenvalue weighted by Crippen LogP contribution is 2.27. The Bertz CT molecular complexity index is 1440. The molecule has 0 unspecified atom stereocenters. The molecule has 0 saturated carbocycles. The van der Waals surface area contributed by atoms with E-state index in [2.05, 4.69) is 5.32 Å². The van der Waals surface area contributed by atoms with Gasteiger partial charge in [0.25, 0.3) is 10.0 Å². The Morgan fingerprint density at radius 1 is 0.902 bits per heavy atom. The van der Waals surface area contributed by atoms with Crippen molar-refractivity contribution < 1.29 is 22.7 Å². The highest BCUT2D eigenvalue weighted by atomic mass is 35.5. The van der Waals surface area contributed by atoms with E-state index in [4.69, 9.17) is 27.9 Å². The number of anilines is 1. The fourth-order valence-electron chi connectivity index (χ4n) is 4.17. The number of carbonyl (C=O) groups excluding carboxylic acids is 2. The summed E-state index contributed by atoms with van der Waals surface area (Å²) in [5.74, 6) is -0.399. The summed E-state index contributed by atoms with van der Waals surface area (Å²) in [4.78, 5) is 28.8. The fourth-order valence-corrected chi connectivity index (χ4v) is 5.84. The molecule has 0 aliphatic rings. The lowest BCUT2D eigenvalue weighted by molar-refractivity contribution is -0.141. The third kappa shape index (κ3) is 8.61. The molecule has 0 saturated heterocycles. The van der Waals surface area contributed by atoms with Gasteiger partial charge in [-0.05, 0) is 93.4 Å². The van der Waals surface area contributed by atoms with Gasteiger partial charge in [0.1, 0.15) is 18.3 Å². The molecule has 0 radical (unpaired) electrons. The summed E-state index contributed by atoms with van der Waals surface area (Å²) in [6, 6.07) is 18.1. The van der Waals surface area contributed by atoms with Crippen LogP contribution < -0.4 is 14.4 Å². The van der Waals surface area contributed by atoms with Crippen molar-refractivity contribution in [1.29, 1.82) is 0 Å².